The Balaban J connectivity index is 1.37. The van der Waals surface area contributed by atoms with Gasteiger partial charge >= 0.3 is 0 Å². The highest BCUT2D eigenvalue weighted by Crippen LogP contribution is 2.45. The molecule has 1 aromatic rings. The molecule has 7 heteroatoms. The third kappa shape index (κ3) is 4.66. The lowest BCUT2D eigenvalue weighted by Crippen LogP contribution is -2.53. The summed E-state index contributed by atoms with van der Waals surface area (Å²) >= 11 is 1.91. The second-order valence-corrected chi connectivity index (χ2v) is 10.3. The number of amides is 2. The summed E-state index contributed by atoms with van der Waals surface area (Å²) in [7, 11) is 3.17. The van der Waals surface area contributed by atoms with Gasteiger partial charge in [0.2, 0.25) is 5.91 Å². The monoisotopic (exact) mass is 446 g/mol. The van der Waals surface area contributed by atoms with Crippen LogP contribution in [0.4, 0.5) is 0 Å². The summed E-state index contributed by atoms with van der Waals surface area (Å²) in [6.45, 7) is 2.16. The number of hydrogen-bond donors (Lipinski definition) is 0. The Kier molecular flexibility index (Phi) is 6.99. The zero-order valence-electron chi connectivity index (χ0n) is 18.7. The van der Waals surface area contributed by atoms with Crippen molar-refractivity contribution in [3.63, 3.8) is 0 Å². The maximum Gasteiger partial charge on any atom is 0.257 e. The summed E-state index contributed by atoms with van der Waals surface area (Å²) in [6.07, 6.45) is 8.61. The van der Waals surface area contributed by atoms with Crippen LogP contribution in [0, 0.1) is 5.92 Å². The van der Waals surface area contributed by atoms with Gasteiger partial charge in [-0.3, -0.25) is 9.59 Å². The largest absolute Gasteiger partial charge is 0.497 e. The van der Waals surface area contributed by atoms with Crippen molar-refractivity contribution in [2.45, 2.75) is 56.2 Å². The Morgan fingerprint density at radius 3 is 2.52 bits per heavy atom. The van der Waals surface area contributed by atoms with E-state index in [9.17, 15) is 9.59 Å². The van der Waals surface area contributed by atoms with E-state index < -0.39 is 0 Å². The summed E-state index contributed by atoms with van der Waals surface area (Å²) in [5, 5.41) is 0. The molecule has 0 bridgehead atoms. The van der Waals surface area contributed by atoms with Crippen molar-refractivity contribution in [2.24, 2.45) is 5.92 Å². The van der Waals surface area contributed by atoms with Crippen LogP contribution in [0.1, 0.15) is 61.7 Å². The molecule has 170 valence electrons. The predicted molar refractivity (Wildman–Crippen MR) is 123 cm³/mol. The molecule has 2 aliphatic heterocycles. The van der Waals surface area contributed by atoms with Gasteiger partial charge in [0.25, 0.3) is 5.91 Å². The van der Waals surface area contributed by atoms with E-state index in [4.69, 9.17) is 9.47 Å². The zero-order valence-corrected chi connectivity index (χ0v) is 19.5. The lowest BCUT2D eigenvalue weighted by Gasteiger charge is -2.44. The summed E-state index contributed by atoms with van der Waals surface area (Å²) < 4.78 is 10.7. The Labute approximate surface area is 189 Å². The van der Waals surface area contributed by atoms with Gasteiger partial charge in [-0.2, -0.15) is 0 Å². The number of nitrogens with zero attached hydrogens (tertiary/aromatic N) is 2. The molecule has 2 saturated heterocycles. The predicted octanol–water partition coefficient (Wildman–Crippen LogP) is 4.18. The maximum absolute atomic E-state index is 13.2. The fourth-order valence-electron chi connectivity index (χ4n) is 5.34. The third-order valence-corrected chi connectivity index (χ3v) is 8.74. The van der Waals surface area contributed by atoms with Crippen molar-refractivity contribution in [1.82, 2.24) is 9.80 Å². The Morgan fingerprint density at radius 1 is 1.10 bits per heavy atom. The summed E-state index contributed by atoms with van der Waals surface area (Å²) in [4.78, 5) is 30.1. The number of hydrogen-bond acceptors (Lipinski definition) is 5. The maximum atomic E-state index is 13.2. The van der Waals surface area contributed by atoms with Gasteiger partial charge in [0.1, 0.15) is 11.5 Å². The molecule has 3 fully saturated rings. The van der Waals surface area contributed by atoms with E-state index in [1.54, 1.807) is 32.4 Å². The van der Waals surface area contributed by atoms with E-state index in [1.165, 1.54) is 25.7 Å². The van der Waals surface area contributed by atoms with Gasteiger partial charge in [0, 0.05) is 37.9 Å². The van der Waals surface area contributed by atoms with E-state index in [0.717, 1.165) is 37.5 Å². The fourth-order valence-corrected chi connectivity index (χ4v) is 6.82. The zero-order chi connectivity index (χ0) is 21.8. The quantitative estimate of drug-likeness (QED) is 0.656. The van der Waals surface area contributed by atoms with E-state index in [2.05, 4.69) is 4.90 Å². The minimum absolute atomic E-state index is 0.0172. The SMILES string of the molecule is COc1ccc(C(=O)N2CCC3(CC2)SCCN3C(=O)CCC2CCCC2)c(OC)c1. The molecule has 1 aromatic carbocycles. The number of likely N-dealkylation sites (tertiary alicyclic amines) is 1. The van der Waals surface area contributed by atoms with Gasteiger partial charge in [-0.05, 0) is 37.3 Å². The van der Waals surface area contributed by atoms with Crippen molar-refractivity contribution < 1.29 is 19.1 Å². The van der Waals surface area contributed by atoms with Gasteiger partial charge in [-0.15, -0.1) is 11.8 Å². The molecule has 0 radical (unpaired) electrons. The molecule has 3 aliphatic rings. The highest BCUT2D eigenvalue weighted by molar-refractivity contribution is 8.00. The number of benzene rings is 1. The molecule has 1 spiro atoms. The minimum atomic E-state index is -0.131. The van der Waals surface area contributed by atoms with Gasteiger partial charge < -0.3 is 19.3 Å². The number of rotatable bonds is 6. The van der Waals surface area contributed by atoms with Crippen LogP contribution in [0.5, 0.6) is 11.5 Å². The number of carbonyl (C=O) groups is 2. The molecular formula is C24H34N2O4S. The van der Waals surface area contributed by atoms with E-state index in [1.807, 2.05) is 16.7 Å². The smallest absolute Gasteiger partial charge is 0.257 e. The average Bonchev–Trinajstić information content (AvgIpc) is 3.47. The first-order valence-electron chi connectivity index (χ1n) is 11.5. The highest BCUT2D eigenvalue weighted by Gasteiger charge is 2.46. The number of methoxy groups -OCH3 is 2. The van der Waals surface area contributed by atoms with Crippen molar-refractivity contribution >= 4 is 23.6 Å². The van der Waals surface area contributed by atoms with Crippen LogP contribution in [-0.2, 0) is 4.79 Å². The Bertz CT molecular complexity index is 801. The highest BCUT2D eigenvalue weighted by atomic mass is 32.2. The number of piperidine rings is 1. The van der Waals surface area contributed by atoms with Gasteiger partial charge in [0.05, 0.1) is 24.7 Å². The van der Waals surface area contributed by atoms with Crippen LogP contribution >= 0.6 is 11.8 Å². The molecule has 0 unspecified atom stereocenters. The van der Waals surface area contributed by atoms with Gasteiger partial charge in [-0.1, -0.05) is 25.7 Å². The Hall–Kier alpha value is -1.89. The second-order valence-electron chi connectivity index (χ2n) is 8.89. The van der Waals surface area contributed by atoms with Crippen LogP contribution in [0.15, 0.2) is 18.2 Å². The van der Waals surface area contributed by atoms with Crippen LogP contribution in [0.25, 0.3) is 0 Å². The van der Waals surface area contributed by atoms with Crippen LogP contribution in [0.2, 0.25) is 0 Å². The normalized spacial score (nSPS) is 21.0. The lowest BCUT2D eigenvalue weighted by atomic mass is 9.98. The number of thioether (sulfide) groups is 1. The average molecular weight is 447 g/mol. The standard InChI is InChI=1S/C24H34N2O4S/c1-29-19-8-9-20(21(17-19)30-2)23(28)25-13-11-24(12-14-25)26(15-16-31-24)22(27)10-7-18-5-3-4-6-18/h8-9,17-18H,3-7,10-16H2,1-2H3. The molecular weight excluding hydrogens is 412 g/mol. The van der Waals surface area contributed by atoms with E-state index in [0.29, 0.717) is 42.5 Å². The molecule has 0 aromatic heterocycles. The molecule has 2 amide bonds. The van der Waals surface area contributed by atoms with Crippen molar-refractivity contribution in [2.75, 3.05) is 39.6 Å². The molecule has 1 aliphatic carbocycles. The van der Waals surface area contributed by atoms with E-state index >= 15 is 0 Å². The van der Waals surface area contributed by atoms with Crippen molar-refractivity contribution in [1.29, 1.82) is 0 Å². The molecule has 2 heterocycles. The number of ether oxygens (including phenoxy) is 2. The summed E-state index contributed by atoms with van der Waals surface area (Å²) in [6, 6.07) is 5.31. The van der Waals surface area contributed by atoms with Crippen LogP contribution in [-0.4, -0.2) is 66.1 Å². The van der Waals surface area contributed by atoms with Crippen molar-refractivity contribution in [3.8, 4) is 11.5 Å². The molecule has 0 N–H and O–H groups in total. The van der Waals surface area contributed by atoms with E-state index in [-0.39, 0.29) is 10.8 Å². The minimum Gasteiger partial charge on any atom is -0.497 e. The van der Waals surface area contributed by atoms with Crippen molar-refractivity contribution in [3.05, 3.63) is 23.8 Å². The number of carbonyl (C=O) groups excluding carboxylic acids is 2. The first-order chi connectivity index (χ1) is 15.1. The second kappa shape index (κ2) is 9.72. The first-order valence-corrected chi connectivity index (χ1v) is 12.5. The van der Waals surface area contributed by atoms with Crippen LogP contribution < -0.4 is 9.47 Å². The molecule has 4 rings (SSSR count). The summed E-state index contributed by atoms with van der Waals surface area (Å²) in [5.74, 6) is 3.23. The topological polar surface area (TPSA) is 59.1 Å². The summed E-state index contributed by atoms with van der Waals surface area (Å²) in [5.41, 5.74) is 0.558. The van der Waals surface area contributed by atoms with Gasteiger partial charge in [-0.25, -0.2) is 0 Å². The molecule has 0 atom stereocenters. The molecule has 31 heavy (non-hydrogen) atoms. The fraction of sp³-hybridized carbons (Fsp3) is 0.667. The first kappa shape index (κ1) is 22.3. The van der Waals surface area contributed by atoms with Crippen LogP contribution in [0.3, 0.4) is 0 Å². The lowest BCUT2D eigenvalue weighted by molar-refractivity contribution is -0.135. The van der Waals surface area contributed by atoms with Gasteiger partial charge in [0.15, 0.2) is 0 Å². The third-order valence-electron chi connectivity index (χ3n) is 7.19. The Morgan fingerprint density at radius 2 is 1.84 bits per heavy atom. The molecule has 6 nitrogen and oxygen atoms in total. The molecule has 1 saturated carbocycles.